The second-order valence-corrected chi connectivity index (χ2v) is 11.9. The Labute approximate surface area is 245 Å². The molecule has 1 saturated heterocycles. The molecule has 4 aromatic rings. The molecule has 0 unspecified atom stereocenters. The molecular weight excluding hydrogens is 590 g/mol. The van der Waals surface area contributed by atoms with Gasteiger partial charge in [-0.25, -0.2) is 19.3 Å². The van der Waals surface area contributed by atoms with Crippen LogP contribution in [0.3, 0.4) is 0 Å². The van der Waals surface area contributed by atoms with Crippen LogP contribution < -0.4 is 20.1 Å². The summed E-state index contributed by atoms with van der Waals surface area (Å²) in [4.78, 5) is 13.4. The molecule has 0 saturated carbocycles. The maximum atomic E-state index is 15.0. The van der Waals surface area contributed by atoms with Gasteiger partial charge in [0.15, 0.2) is 0 Å². The molecule has 43 heavy (non-hydrogen) atoms. The van der Waals surface area contributed by atoms with Gasteiger partial charge < -0.3 is 15.4 Å². The van der Waals surface area contributed by atoms with Gasteiger partial charge in [0, 0.05) is 42.8 Å². The van der Waals surface area contributed by atoms with Crippen LogP contribution in [0.4, 0.5) is 29.2 Å². The minimum atomic E-state index is -4.78. The lowest BCUT2D eigenvalue weighted by atomic mass is 10.0. The summed E-state index contributed by atoms with van der Waals surface area (Å²) in [5.74, 6) is -0.0927. The van der Waals surface area contributed by atoms with E-state index in [0.717, 1.165) is 39.0 Å². The van der Waals surface area contributed by atoms with Crippen molar-refractivity contribution >= 4 is 32.6 Å². The summed E-state index contributed by atoms with van der Waals surface area (Å²) < 4.78 is 87.1. The lowest BCUT2D eigenvalue weighted by molar-refractivity contribution is -0.134. The molecule has 0 bridgehead atoms. The van der Waals surface area contributed by atoms with Crippen LogP contribution in [0.5, 0.6) is 11.6 Å². The summed E-state index contributed by atoms with van der Waals surface area (Å²) >= 11 is 0. The van der Waals surface area contributed by atoms with E-state index in [-0.39, 0.29) is 27.4 Å². The molecule has 15 heteroatoms. The predicted octanol–water partition coefficient (Wildman–Crippen LogP) is 5.25. The zero-order chi connectivity index (χ0) is 30.8. The number of pyridine rings is 1. The molecule has 3 N–H and O–H groups in total. The minimum absolute atomic E-state index is 0.0622. The van der Waals surface area contributed by atoms with Crippen LogP contribution in [-0.2, 0) is 10.2 Å². The number of rotatable bonds is 9. The number of aryl methyl sites for hydroxylation is 1. The van der Waals surface area contributed by atoms with Crippen molar-refractivity contribution in [3.8, 4) is 22.9 Å². The quantitative estimate of drug-likeness (QED) is 0.218. The SMILES string of the molecule is Cc1ccc2c(NS(=O)(=O)N(C)CC(F)(F)F)c(F)ccc2c1Oc1ncccc1-c1ccnc(N[C@H]2CCCNC2)n1. The number of piperidine rings is 1. The summed E-state index contributed by atoms with van der Waals surface area (Å²) in [5, 5.41) is 7.06. The second kappa shape index (κ2) is 12.3. The number of halogens is 4. The highest BCUT2D eigenvalue weighted by molar-refractivity contribution is 7.90. The molecule has 10 nitrogen and oxygen atoms in total. The molecule has 0 amide bonds. The van der Waals surface area contributed by atoms with E-state index in [4.69, 9.17) is 4.74 Å². The van der Waals surface area contributed by atoms with E-state index in [1.54, 1.807) is 37.4 Å². The van der Waals surface area contributed by atoms with E-state index >= 15 is 0 Å². The fraction of sp³-hybridized carbons (Fsp3) is 0.321. The average molecular weight is 620 g/mol. The molecule has 2 aromatic carbocycles. The summed E-state index contributed by atoms with van der Waals surface area (Å²) in [5.41, 5.74) is 1.19. The Hall–Kier alpha value is -4.08. The number of hydrogen-bond acceptors (Lipinski definition) is 8. The van der Waals surface area contributed by atoms with E-state index in [1.165, 1.54) is 18.3 Å². The zero-order valence-corrected chi connectivity index (χ0v) is 24.1. The van der Waals surface area contributed by atoms with Crippen LogP contribution in [0.15, 0.2) is 54.9 Å². The summed E-state index contributed by atoms with van der Waals surface area (Å²) in [7, 11) is -4.00. The molecule has 1 aliphatic rings. The van der Waals surface area contributed by atoms with Gasteiger partial charge in [0.2, 0.25) is 11.8 Å². The van der Waals surface area contributed by atoms with Crippen molar-refractivity contribution in [2.45, 2.75) is 32.0 Å². The number of benzene rings is 2. The number of nitrogens with zero attached hydrogens (tertiary/aromatic N) is 4. The van der Waals surface area contributed by atoms with Crippen molar-refractivity contribution in [3.05, 3.63) is 66.2 Å². The molecule has 3 heterocycles. The number of anilines is 2. The molecule has 1 aliphatic heterocycles. The van der Waals surface area contributed by atoms with Crippen molar-refractivity contribution in [1.29, 1.82) is 0 Å². The molecule has 0 spiro atoms. The number of fused-ring (bicyclic) bond motifs is 1. The topological polar surface area (TPSA) is 121 Å². The summed E-state index contributed by atoms with van der Waals surface area (Å²) in [6.45, 7) is 1.76. The first kappa shape index (κ1) is 30.4. The first-order valence-electron chi connectivity index (χ1n) is 13.4. The minimum Gasteiger partial charge on any atom is -0.437 e. The van der Waals surface area contributed by atoms with Gasteiger partial charge in [0.25, 0.3) is 0 Å². The maximum absolute atomic E-state index is 15.0. The molecule has 5 rings (SSSR count). The van der Waals surface area contributed by atoms with Gasteiger partial charge in [-0.2, -0.15) is 25.9 Å². The molecule has 0 radical (unpaired) electrons. The van der Waals surface area contributed by atoms with Crippen LogP contribution in [0.1, 0.15) is 18.4 Å². The second-order valence-electron chi connectivity index (χ2n) is 10.1. The molecule has 2 aromatic heterocycles. The van der Waals surface area contributed by atoms with E-state index in [2.05, 4.69) is 25.6 Å². The van der Waals surface area contributed by atoms with E-state index in [1.807, 2.05) is 4.72 Å². The van der Waals surface area contributed by atoms with E-state index in [9.17, 15) is 26.0 Å². The standard InChI is InChI=1S/C28H29F4N7O3S/c1-17-7-8-19-20(9-10-22(29)24(19)38-43(40,41)39(2)16-28(30,31)32)25(17)42-26-21(6-4-13-34-26)23-11-14-35-27(37-23)36-18-5-3-12-33-15-18/h4,6-11,13-14,18,33,38H,3,5,12,15-16H2,1-2H3,(H,35,36,37)/t18-/m0/s1. The third-order valence-electron chi connectivity index (χ3n) is 6.87. The molecule has 228 valence electrons. The highest BCUT2D eigenvalue weighted by Crippen LogP contribution is 2.40. The monoisotopic (exact) mass is 619 g/mol. The van der Waals surface area contributed by atoms with Gasteiger partial charge in [-0.15, -0.1) is 0 Å². The van der Waals surface area contributed by atoms with Crippen LogP contribution >= 0.6 is 0 Å². The Morgan fingerprint density at radius 3 is 2.63 bits per heavy atom. The molecular formula is C28H29F4N7O3S. The normalized spacial score (nSPS) is 15.9. The first-order valence-corrected chi connectivity index (χ1v) is 14.8. The molecule has 1 atom stereocenters. The first-order chi connectivity index (χ1) is 20.4. The summed E-state index contributed by atoms with van der Waals surface area (Å²) in [6.07, 6.45) is 0.396. The van der Waals surface area contributed by atoms with Crippen LogP contribution in [0.2, 0.25) is 0 Å². The molecule has 1 fully saturated rings. The Morgan fingerprint density at radius 2 is 1.88 bits per heavy atom. The zero-order valence-electron chi connectivity index (χ0n) is 23.2. The Bertz CT molecular complexity index is 1730. The Kier molecular flexibility index (Phi) is 8.66. The third kappa shape index (κ3) is 7.12. The van der Waals surface area contributed by atoms with Gasteiger partial charge in [-0.05, 0) is 62.2 Å². The largest absolute Gasteiger partial charge is 0.437 e. The number of alkyl halides is 3. The molecule has 0 aliphatic carbocycles. The lowest BCUT2D eigenvalue weighted by Crippen LogP contribution is -2.39. The van der Waals surface area contributed by atoms with E-state index < -0.39 is 34.4 Å². The fourth-order valence-corrected chi connectivity index (χ4v) is 5.68. The Morgan fingerprint density at radius 1 is 1.09 bits per heavy atom. The van der Waals surface area contributed by atoms with E-state index in [0.29, 0.717) is 28.2 Å². The van der Waals surface area contributed by atoms with Gasteiger partial charge in [-0.1, -0.05) is 12.1 Å². The number of aromatic nitrogens is 3. The van der Waals surface area contributed by atoms with Crippen molar-refractivity contribution in [2.75, 3.05) is 36.7 Å². The predicted molar refractivity (Wildman–Crippen MR) is 155 cm³/mol. The van der Waals surface area contributed by atoms with Gasteiger partial charge in [0.1, 0.15) is 18.1 Å². The number of nitrogens with one attached hydrogen (secondary N) is 3. The van der Waals surface area contributed by atoms with Crippen LogP contribution in [0.25, 0.3) is 22.0 Å². The van der Waals surface area contributed by atoms with Crippen molar-refractivity contribution in [3.63, 3.8) is 0 Å². The van der Waals surface area contributed by atoms with Gasteiger partial charge in [-0.3, -0.25) is 4.72 Å². The average Bonchev–Trinajstić information content (AvgIpc) is 2.96. The number of ether oxygens (including phenoxy) is 1. The maximum Gasteiger partial charge on any atom is 0.402 e. The third-order valence-corrected chi connectivity index (χ3v) is 8.28. The highest BCUT2D eigenvalue weighted by Gasteiger charge is 2.34. The van der Waals surface area contributed by atoms with Crippen LogP contribution in [-0.4, -0.2) is 66.6 Å². The Balaban J connectivity index is 1.49. The van der Waals surface area contributed by atoms with Crippen molar-refractivity contribution in [2.24, 2.45) is 0 Å². The van der Waals surface area contributed by atoms with Gasteiger partial charge in [0.05, 0.1) is 16.9 Å². The fourth-order valence-electron chi connectivity index (χ4n) is 4.74. The van der Waals surface area contributed by atoms with Crippen molar-refractivity contribution in [1.82, 2.24) is 24.6 Å². The highest BCUT2D eigenvalue weighted by atomic mass is 32.2. The van der Waals surface area contributed by atoms with Crippen LogP contribution in [0, 0.1) is 12.7 Å². The smallest absolute Gasteiger partial charge is 0.402 e. The lowest BCUT2D eigenvalue weighted by Gasteiger charge is -2.23. The number of hydrogen-bond donors (Lipinski definition) is 3. The van der Waals surface area contributed by atoms with Crippen molar-refractivity contribution < 1.29 is 30.7 Å². The van der Waals surface area contributed by atoms with Gasteiger partial charge >= 0.3 is 16.4 Å². The summed E-state index contributed by atoms with van der Waals surface area (Å²) in [6, 6.07) is 10.9.